The van der Waals surface area contributed by atoms with Crippen molar-refractivity contribution in [2.75, 3.05) is 0 Å². The van der Waals surface area contributed by atoms with Crippen molar-refractivity contribution in [2.24, 2.45) is 0 Å². The van der Waals surface area contributed by atoms with Crippen LogP contribution in [0.5, 0.6) is 0 Å². The zero-order valence-electron chi connectivity index (χ0n) is 9.05. The van der Waals surface area contributed by atoms with Crippen LogP contribution in [-0.2, 0) is 0 Å². The molecule has 0 amide bonds. The molecule has 0 saturated heterocycles. The Morgan fingerprint density at radius 3 is 2.44 bits per heavy atom. The minimum atomic E-state index is 0.384. The first-order valence-electron chi connectivity index (χ1n) is 5.19. The highest BCUT2D eigenvalue weighted by molar-refractivity contribution is 9.10. The van der Waals surface area contributed by atoms with Crippen LogP contribution >= 0.6 is 31.9 Å². The fourth-order valence-electron chi connectivity index (χ4n) is 1.75. The van der Waals surface area contributed by atoms with E-state index in [9.17, 15) is 5.21 Å². The fraction of sp³-hybridized carbons (Fsp3) is 0. The van der Waals surface area contributed by atoms with E-state index in [1.165, 1.54) is 4.52 Å². The van der Waals surface area contributed by atoms with Gasteiger partial charge in [0.15, 0.2) is 0 Å². The summed E-state index contributed by atoms with van der Waals surface area (Å²) in [6, 6.07) is 12.9. The summed E-state index contributed by atoms with van der Waals surface area (Å²) < 4.78 is 3.11. The van der Waals surface area contributed by atoms with Crippen molar-refractivity contribution >= 4 is 37.5 Å². The summed E-state index contributed by atoms with van der Waals surface area (Å²) in [5.41, 5.74) is 1.39. The smallest absolute Gasteiger partial charge is 0.355 e. The maximum Gasteiger partial charge on any atom is 0.355 e. The molecule has 0 spiro atoms. The Hall–Kier alpha value is -1.40. The molecule has 0 bridgehead atoms. The maximum absolute atomic E-state index is 12.2. The molecule has 0 atom stereocenters. The van der Waals surface area contributed by atoms with Crippen LogP contribution in [0.3, 0.4) is 0 Å². The highest BCUT2D eigenvalue weighted by atomic mass is 79.9. The quantitative estimate of drug-likeness (QED) is 0.376. The third-order valence-corrected chi connectivity index (χ3v) is 3.71. The van der Waals surface area contributed by atoms with Gasteiger partial charge in [0.1, 0.15) is 4.60 Å². The lowest BCUT2D eigenvalue weighted by Gasteiger charge is -2.03. The minimum absolute atomic E-state index is 0.384. The van der Waals surface area contributed by atoms with E-state index in [0.717, 1.165) is 14.9 Å². The van der Waals surface area contributed by atoms with E-state index >= 15 is 0 Å². The molecule has 90 valence electrons. The van der Waals surface area contributed by atoms with Crippen molar-refractivity contribution in [3.8, 4) is 11.4 Å². The van der Waals surface area contributed by atoms with Crippen molar-refractivity contribution in [3.05, 3.63) is 56.7 Å². The Bertz CT molecular complexity index is 722. The summed E-state index contributed by atoms with van der Waals surface area (Å²) in [6.45, 7) is 0. The van der Waals surface area contributed by atoms with Gasteiger partial charge in [0.2, 0.25) is 0 Å². The van der Waals surface area contributed by atoms with Crippen molar-refractivity contribution in [2.45, 2.75) is 0 Å². The summed E-state index contributed by atoms with van der Waals surface area (Å²) in [4.78, 5) is 5.12. The Labute approximate surface area is 120 Å². The van der Waals surface area contributed by atoms with Crippen molar-refractivity contribution in [3.63, 3.8) is 0 Å². The van der Waals surface area contributed by atoms with E-state index < -0.39 is 0 Å². The Morgan fingerprint density at radius 2 is 1.78 bits per heavy atom. The number of hydrogen-bond acceptors (Lipinski definition) is 2. The molecule has 2 heterocycles. The van der Waals surface area contributed by atoms with Gasteiger partial charge in [-0.3, -0.25) is 0 Å². The highest BCUT2D eigenvalue weighted by Crippen LogP contribution is 2.19. The van der Waals surface area contributed by atoms with Crippen LogP contribution in [0.4, 0.5) is 0 Å². The molecule has 0 fully saturated rings. The lowest BCUT2D eigenvalue weighted by Crippen LogP contribution is -2.35. The van der Waals surface area contributed by atoms with Crippen LogP contribution in [0, 0.1) is 5.21 Å². The molecule has 2 aromatic heterocycles. The summed E-state index contributed by atoms with van der Waals surface area (Å²) in [7, 11) is 0. The number of aromatic nitrogens is 3. The van der Waals surface area contributed by atoms with E-state index in [1.54, 1.807) is 12.1 Å². The second kappa shape index (κ2) is 4.37. The first-order chi connectivity index (χ1) is 8.66. The second-order valence-corrected chi connectivity index (χ2v) is 5.46. The lowest BCUT2D eigenvalue weighted by atomic mass is 10.2. The number of rotatable bonds is 1. The Morgan fingerprint density at radius 1 is 1.06 bits per heavy atom. The predicted molar refractivity (Wildman–Crippen MR) is 75.0 cm³/mol. The van der Waals surface area contributed by atoms with Gasteiger partial charge in [-0.15, -0.1) is 9.36 Å². The molecule has 6 heteroatoms. The number of halogens is 2. The normalized spacial score (nSPS) is 11.0. The molecule has 3 rings (SSSR count). The molecular weight excluding hydrogens is 362 g/mol. The molecule has 0 aliphatic carbocycles. The topological polar surface area (TPSA) is 44.2 Å². The van der Waals surface area contributed by atoms with Gasteiger partial charge in [-0.2, -0.15) is 0 Å². The van der Waals surface area contributed by atoms with Gasteiger partial charge in [-0.25, -0.2) is 0 Å². The van der Waals surface area contributed by atoms with Gasteiger partial charge >= 0.3 is 5.82 Å². The summed E-state index contributed by atoms with van der Waals surface area (Å²) >= 11 is 6.70. The number of pyridine rings is 1. The molecule has 0 N–H and O–H groups in total. The molecular formula is C12H7Br2N3O. The van der Waals surface area contributed by atoms with Gasteiger partial charge < -0.3 is 5.21 Å². The van der Waals surface area contributed by atoms with Crippen molar-refractivity contribution < 1.29 is 4.85 Å². The zero-order chi connectivity index (χ0) is 12.7. The summed E-state index contributed by atoms with van der Waals surface area (Å²) in [5.74, 6) is 0.384. The molecule has 0 radical (unpaired) electrons. The van der Waals surface area contributed by atoms with E-state index in [-0.39, 0.29) is 0 Å². The fourth-order valence-corrected chi connectivity index (χ4v) is 2.49. The zero-order valence-corrected chi connectivity index (χ0v) is 12.2. The van der Waals surface area contributed by atoms with Crippen LogP contribution in [-0.4, -0.2) is 9.50 Å². The Kier molecular flexibility index (Phi) is 2.83. The number of benzene rings is 1. The van der Waals surface area contributed by atoms with Gasteiger partial charge in [0.25, 0.3) is 5.65 Å². The highest BCUT2D eigenvalue weighted by Gasteiger charge is 2.19. The van der Waals surface area contributed by atoms with Gasteiger partial charge in [0, 0.05) is 10.5 Å². The third-order valence-electron chi connectivity index (χ3n) is 2.58. The molecule has 18 heavy (non-hydrogen) atoms. The third kappa shape index (κ3) is 1.81. The first-order valence-corrected chi connectivity index (χ1v) is 6.78. The summed E-state index contributed by atoms with van der Waals surface area (Å²) in [6.07, 6.45) is 0. The van der Waals surface area contributed by atoms with Gasteiger partial charge in [-0.05, 0) is 51.2 Å². The number of hydrogen-bond donors (Lipinski definition) is 0. The van der Waals surface area contributed by atoms with E-state index in [4.69, 9.17) is 0 Å². The second-order valence-electron chi connectivity index (χ2n) is 3.73. The minimum Gasteiger partial charge on any atom is -0.692 e. The van der Waals surface area contributed by atoms with Crippen molar-refractivity contribution in [1.29, 1.82) is 0 Å². The van der Waals surface area contributed by atoms with Crippen LogP contribution in [0.25, 0.3) is 17.0 Å². The molecule has 1 aromatic carbocycles. The van der Waals surface area contributed by atoms with Crippen LogP contribution < -0.4 is 4.85 Å². The lowest BCUT2D eigenvalue weighted by molar-refractivity contribution is -0.668. The average Bonchev–Trinajstić information content (AvgIpc) is 2.69. The van der Waals surface area contributed by atoms with Gasteiger partial charge in [0.05, 0.1) is 5.56 Å². The Balaban J connectivity index is 2.27. The molecule has 4 nitrogen and oxygen atoms in total. The molecule has 0 aliphatic heterocycles. The largest absolute Gasteiger partial charge is 0.692 e. The van der Waals surface area contributed by atoms with Crippen LogP contribution in [0.15, 0.2) is 51.5 Å². The number of fused-ring (bicyclic) bond motifs is 1. The monoisotopic (exact) mass is 367 g/mol. The predicted octanol–water partition coefficient (Wildman–Crippen LogP) is 3.16. The van der Waals surface area contributed by atoms with E-state index in [0.29, 0.717) is 16.1 Å². The molecule has 0 saturated carbocycles. The summed E-state index contributed by atoms with van der Waals surface area (Å²) in [5, 5.41) is 12.2. The van der Waals surface area contributed by atoms with E-state index in [2.05, 4.69) is 36.8 Å². The average molecular weight is 369 g/mol. The molecule has 0 unspecified atom stereocenters. The maximum atomic E-state index is 12.2. The SMILES string of the molecule is [O-][n+]1c(-c2ccc(Br)cc2)nc2cccc(Br)n21. The number of nitrogens with zero attached hydrogens (tertiary/aromatic N) is 3. The van der Waals surface area contributed by atoms with E-state index in [1.807, 2.05) is 30.3 Å². The van der Waals surface area contributed by atoms with Crippen molar-refractivity contribution in [1.82, 2.24) is 9.50 Å². The molecule has 3 aromatic rings. The standard InChI is InChI=1S/C12H7Br2N3O/c13-9-6-4-8(5-7-9)12-15-11-3-1-2-10(14)16(11)17(12)18/h1-7H. The first kappa shape index (κ1) is 11.7. The molecule has 0 aliphatic rings. The van der Waals surface area contributed by atoms with Gasteiger partial charge in [-0.1, -0.05) is 22.0 Å². The van der Waals surface area contributed by atoms with Crippen LogP contribution in [0.1, 0.15) is 0 Å². The van der Waals surface area contributed by atoms with Crippen LogP contribution in [0.2, 0.25) is 0 Å².